The van der Waals surface area contributed by atoms with Gasteiger partial charge in [0.2, 0.25) is 0 Å². The van der Waals surface area contributed by atoms with Gasteiger partial charge in [-0.1, -0.05) is 17.3 Å². The van der Waals surface area contributed by atoms with Crippen molar-refractivity contribution >= 4 is 5.97 Å². The molecule has 7 nitrogen and oxygen atoms in total. The van der Waals surface area contributed by atoms with Gasteiger partial charge in [0.25, 0.3) is 0 Å². The molecule has 2 rings (SSSR count). The Balaban J connectivity index is 2.38. The van der Waals surface area contributed by atoms with E-state index in [1.54, 1.807) is 12.1 Å². The zero-order chi connectivity index (χ0) is 15.4. The second kappa shape index (κ2) is 6.31. The SMILES string of the molecule is COCc1c(C(=O)O)nnn1Cc1cccc(OC)c1F. The van der Waals surface area contributed by atoms with E-state index < -0.39 is 11.8 Å². The summed E-state index contributed by atoms with van der Waals surface area (Å²) in [5, 5.41) is 16.4. The van der Waals surface area contributed by atoms with Crippen LogP contribution in [0.1, 0.15) is 21.7 Å². The van der Waals surface area contributed by atoms with Crippen molar-refractivity contribution in [3.8, 4) is 5.75 Å². The highest BCUT2D eigenvalue weighted by Gasteiger charge is 2.20. The van der Waals surface area contributed by atoms with Gasteiger partial charge >= 0.3 is 5.97 Å². The highest BCUT2D eigenvalue weighted by molar-refractivity contribution is 5.86. The summed E-state index contributed by atoms with van der Waals surface area (Å²) in [6.45, 7) is 0.0439. The number of carboxylic acids is 1. The van der Waals surface area contributed by atoms with Gasteiger partial charge in [-0.05, 0) is 6.07 Å². The molecule has 0 fully saturated rings. The van der Waals surface area contributed by atoms with Gasteiger partial charge in [-0.2, -0.15) is 0 Å². The summed E-state index contributed by atoms with van der Waals surface area (Å²) >= 11 is 0. The van der Waals surface area contributed by atoms with Crippen molar-refractivity contribution in [2.45, 2.75) is 13.2 Å². The number of halogens is 1. The van der Waals surface area contributed by atoms with Crippen LogP contribution in [0, 0.1) is 5.82 Å². The number of rotatable bonds is 6. The Morgan fingerprint density at radius 3 is 2.81 bits per heavy atom. The minimum Gasteiger partial charge on any atom is -0.494 e. The number of carboxylic acid groups (broad SMARTS) is 1. The summed E-state index contributed by atoms with van der Waals surface area (Å²) in [4.78, 5) is 11.1. The number of hydrogen-bond donors (Lipinski definition) is 1. The molecule has 0 aliphatic carbocycles. The van der Waals surface area contributed by atoms with Gasteiger partial charge in [-0.3, -0.25) is 0 Å². The first-order valence-corrected chi connectivity index (χ1v) is 6.04. The summed E-state index contributed by atoms with van der Waals surface area (Å²) in [7, 11) is 2.80. The van der Waals surface area contributed by atoms with E-state index in [0.717, 1.165) is 0 Å². The van der Waals surface area contributed by atoms with Crippen molar-refractivity contribution in [2.24, 2.45) is 0 Å². The molecule has 0 bridgehead atoms. The number of benzene rings is 1. The first-order valence-electron chi connectivity index (χ1n) is 6.04. The minimum atomic E-state index is -1.21. The van der Waals surface area contributed by atoms with Gasteiger partial charge in [0, 0.05) is 12.7 Å². The highest BCUT2D eigenvalue weighted by Crippen LogP contribution is 2.21. The van der Waals surface area contributed by atoms with Crippen LogP contribution in [0.25, 0.3) is 0 Å². The van der Waals surface area contributed by atoms with Crippen LogP contribution in [0.15, 0.2) is 18.2 Å². The fourth-order valence-electron chi connectivity index (χ4n) is 1.90. The lowest BCUT2D eigenvalue weighted by atomic mass is 10.2. The summed E-state index contributed by atoms with van der Waals surface area (Å²) in [5.74, 6) is -1.62. The van der Waals surface area contributed by atoms with Crippen LogP contribution < -0.4 is 4.74 Å². The van der Waals surface area contributed by atoms with Crippen LogP contribution in [0.3, 0.4) is 0 Å². The van der Waals surface area contributed by atoms with Gasteiger partial charge in [-0.15, -0.1) is 5.10 Å². The molecule has 0 saturated heterocycles. The number of hydrogen-bond acceptors (Lipinski definition) is 5. The van der Waals surface area contributed by atoms with Crippen LogP contribution in [0.2, 0.25) is 0 Å². The van der Waals surface area contributed by atoms with Gasteiger partial charge in [0.15, 0.2) is 17.3 Å². The van der Waals surface area contributed by atoms with Crippen molar-refractivity contribution in [2.75, 3.05) is 14.2 Å². The van der Waals surface area contributed by atoms with E-state index in [-0.39, 0.29) is 30.3 Å². The molecule has 8 heteroatoms. The van der Waals surface area contributed by atoms with E-state index in [9.17, 15) is 9.18 Å². The molecule has 112 valence electrons. The van der Waals surface area contributed by atoms with Crippen molar-refractivity contribution in [3.63, 3.8) is 0 Å². The second-order valence-electron chi connectivity index (χ2n) is 4.21. The molecule has 1 aromatic heterocycles. The average molecular weight is 295 g/mol. The third-order valence-electron chi connectivity index (χ3n) is 2.90. The van der Waals surface area contributed by atoms with E-state index in [1.165, 1.54) is 25.0 Å². The molecular weight excluding hydrogens is 281 g/mol. The Hall–Kier alpha value is -2.48. The molecule has 0 saturated carbocycles. The summed E-state index contributed by atoms with van der Waals surface area (Å²) in [6, 6.07) is 4.71. The molecule has 0 amide bonds. The quantitative estimate of drug-likeness (QED) is 0.865. The minimum absolute atomic E-state index is 0.0141. The molecule has 21 heavy (non-hydrogen) atoms. The molecule has 0 aliphatic rings. The summed E-state index contributed by atoms with van der Waals surface area (Å²) < 4.78 is 25.3. The molecule has 1 N–H and O–H groups in total. The largest absolute Gasteiger partial charge is 0.494 e. The lowest BCUT2D eigenvalue weighted by molar-refractivity contribution is 0.0684. The predicted molar refractivity (Wildman–Crippen MR) is 69.7 cm³/mol. The third-order valence-corrected chi connectivity index (χ3v) is 2.90. The Bertz CT molecular complexity index is 657. The van der Waals surface area contributed by atoms with Crippen molar-refractivity contribution in [1.82, 2.24) is 15.0 Å². The fourth-order valence-corrected chi connectivity index (χ4v) is 1.90. The number of aromatic carboxylic acids is 1. The molecule has 0 aliphatic heterocycles. The molecule has 2 aromatic rings. The number of aromatic nitrogens is 3. The standard InChI is InChI=1S/C13H14FN3O4/c1-20-7-9-12(13(18)19)15-16-17(9)6-8-4-3-5-10(21-2)11(8)14/h3-5H,6-7H2,1-2H3,(H,18,19). The maximum Gasteiger partial charge on any atom is 0.358 e. The van der Waals surface area contributed by atoms with Gasteiger partial charge < -0.3 is 14.6 Å². The van der Waals surface area contributed by atoms with Crippen LogP contribution in [0.5, 0.6) is 5.75 Å². The number of nitrogens with zero attached hydrogens (tertiary/aromatic N) is 3. The number of ether oxygens (including phenoxy) is 2. The van der Waals surface area contributed by atoms with Gasteiger partial charge in [-0.25, -0.2) is 13.9 Å². The monoisotopic (exact) mass is 295 g/mol. The maximum atomic E-state index is 14.1. The lowest BCUT2D eigenvalue weighted by Gasteiger charge is -2.09. The Labute approximate surface area is 119 Å². The van der Waals surface area contributed by atoms with Crippen LogP contribution in [-0.2, 0) is 17.9 Å². The maximum absolute atomic E-state index is 14.1. The van der Waals surface area contributed by atoms with Crippen LogP contribution in [0.4, 0.5) is 4.39 Å². The smallest absolute Gasteiger partial charge is 0.358 e. The second-order valence-corrected chi connectivity index (χ2v) is 4.21. The molecule has 1 heterocycles. The van der Waals surface area contributed by atoms with E-state index in [0.29, 0.717) is 5.56 Å². The Kier molecular flexibility index (Phi) is 4.49. The topological polar surface area (TPSA) is 86.5 Å². The van der Waals surface area contributed by atoms with Crippen molar-refractivity contribution in [1.29, 1.82) is 0 Å². The molecule has 0 atom stereocenters. The molecule has 0 radical (unpaired) electrons. The van der Waals surface area contributed by atoms with E-state index in [2.05, 4.69) is 10.3 Å². The molecular formula is C13H14FN3O4. The van der Waals surface area contributed by atoms with E-state index in [1.807, 2.05) is 0 Å². The normalized spacial score (nSPS) is 10.6. The summed E-state index contributed by atoms with van der Waals surface area (Å²) in [5.41, 5.74) is 0.376. The zero-order valence-corrected chi connectivity index (χ0v) is 11.5. The summed E-state index contributed by atoms with van der Waals surface area (Å²) in [6.07, 6.45) is 0. The number of carbonyl (C=O) groups is 1. The van der Waals surface area contributed by atoms with E-state index >= 15 is 0 Å². The van der Waals surface area contributed by atoms with Crippen LogP contribution >= 0.6 is 0 Å². The zero-order valence-electron chi connectivity index (χ0n) is 11.5. The Morgan fingerprint density at radius 2 is 2.19 bits per heavy atom. The van der Waals surface area contributed by atoms with Crippen LogP contribution in [-0.4, -0.2) is 40.3 Å². The first-order chi connectivity index (χ1) is 10.1. The predicted octanol–water partition coefficient (Wildman–Crippen LogP) is 1.32. The number of methoxy groups -OCH3 is 2. The highest BCUT2D eigenvalue weighted by atomic mass is 19.1. The fraction of sp³-hybridized carbons (Fsp3) is 0.308. The Morgan fingerprint density at radius 1 is 1.43 bits per heavy atom. The third kappa shape index (κ3) is 3.00. The molecule has 0 spiro atoms. The first kappa shape index (κ1) is 14.9. The average Bonchev–Trinajstić information content (AvgIpc) is 2.85. The molecule has 0 unspecified atom stereocenters. The van der Waals surface area contributed by atoms with Gasteiger partial charge in [0.1, 0.15) is 0 Å². The van der Waals surface area contributed by atoms with Crippen molar-refractivity contribution in [3.05, 3.63) is 41.0 Å². The van der Waals surface area contributed by atoms with Crippen molar-refractivity contribution < 1.29 is 23.8 Å². The lowest BCUT2D eigenvalue weighted by Crippen LogP contribution is -2.11. The van der Waals surface area contributed by atoms with Gasteiger partial charge in [0.05, 0.1) is 26.0 Å². The van der Waals surface area contributed by atoms with E-state index in [4.69, 9.17) is 14.6 Å². The molecule has 1 aromatic carbocycles.